The first kappa shape index (κ1) is 23.1. The van der Waals surface area contributed by atoms with Gasteiger partial charge in [0.15, 0.2) is 11.5 Å². The summed E-state index contributed by atoms with van der Waals surface area (Å²) in [6, 6.07) is 8.39. The predicted octanol–water partition coefficient (Wildman–Crippen LogP) is 3.32. The fraction of sp³-hybridized carbons (Fsp3) is 0.227. The highest BCUT2D eigenvalue weighted by Crippen LogP contribution is 2.40. The average Bonchev–Trinajstić information content (AvgIpc) is 3.05. The maximum atomic E-state index is 13.0. The van der Waals surface area contributed by atoms with Gasteiger partial charge in [-0.3, -0.25) is 19.3 Å². The van der Waals surface area contributed by atoms with Crippen molar-refractivity contribution in [3.8, 4) is 17.2 Å². The second kappa shape index (κ2) is 10.2. The first-order valence-corrected chi connectivity index (χ1v) is 10.3. The second-order valence-electron chi connectivity index (χ2n) is 6.55. The molecule has 0 radical (unpaired) electrons. The molecule has 0 atom stereocenters. The number of benzene rings is 2. The smallest absolute Gasteiger partial charge is 0.293 e. The summed E-state index contributed by atoms with van der Waals surface area (Å²) in [6.07, 6.45) is 1.56. The monoisotopic (exact) mass is 460 g/mol. The molecule has 10 heteroatoms. The summed E-state index contributed by atoms with van der Waals surface area (Å²) in [7, 11) is 4.45. The van der Waals surface area contributed by atoms with Crippen LogP contribution >= 0.6 is 11.8 Å². The number of amides is 3. The van der Waals surface area contributed by atoms with Gasteiger partial charge in [-0.05, 0) is 59.8 Å². The fourth-order valence-corrected chi connectivity index (χ4v) is 3.88. The van der Waals surface area contributed by atoms with Gasteiger partial charge in [-0.15, -0.1) is 0 Å². The van der Waals surface area contributed by atoms with Crippen LogP contribution in [0.3, 0.4) is 0 Å². The number of nitrogens with one attached hydrogen (secondary N) is 1. The Kier molecular flexibility index (Phi) is 7.37. The summed E-state index contributed by atoms with van der Waals surface area (Å²) in [5.41, 5.74) is 0.873. The molecule has 0 unspecified atom stereocenters. The zero-order valence-electron chi connectivity index (χ0n) is 17.6. The summed E-state index contributed by atoms with van der Waals surface area (Å²) >= 11 is 0.802. The minimum absolute atomic E-state index is 0.00416. The van der Waals surface area contributed by atoms with Gasteiger partial charge in [0.2, 0.25) is 5.75 Å². The lowest BCUT2D eigenvalue weighted by Crippen LogP contribution is -2.37. The van der Waals surface area contributed by atoms with Crippen molar-refractivity contribution in [3.63, 3.8) is 0 Å². The quantitative estimate of drug-likeness (QED) is 0.604. The summed E-state index contributed by atoms with van der Waals surface area (Å²) < 4.78 is 28.9. The van der Waals surface area contributed by atoms with E-state index in [0.717, 1.165) is 16.7 Å². The number of ether oxygens (including phenoxy) is 3. The van der Waals surface area contributed by atoms with E-state index in [-0.39, 0.29) is 23.6 Å². The minimum Gasteiger partial charge on any atom is -0.493 e. The fourth-order valence-electron chi connectivity index (χ4n) is 3.01. The van der Waals surface area contributed by atoms with E-state index in [1.165, 1.54) is 45.6 Å². The molecule has 8 nitrogen and oxygen atoms in total. The molecule has 0 saturated carbocycles. The largest absolute Gasteiger partial charge is 0.493 e. The van der Waals surface area contributed by atoms with Gasteiger partial charge in [0.1, 0.15) is 5.82 Å². The van der Waals surface area contributed by atoms with E-state index in [9.17, 15) is 18.8 Å². The summed E-state index contributed by atoms with van der Waals surface area (Å²) in [4.78, 5) is 38.4. The molecule has 0 spiro atoms. The van der Waals surface area contributed by atoms with E-state index in [1.807, 2.05) is 0 Å². The molecule has 32 heavy (non-hydrogen) atoms. The van der Waals surface area contributed by atoms with E-state index in [2.05, 4.69) is 5.32 Å². The van der Waals surface area contributed by atoms with E-state index >= 15 is 0 Å². The average molecular weight is 460 g/mol. The normalized spacial score (nSPS) is 14.6. The standard InChI is InChI=1S/C22H21FN2O6S/c1-29-16-10-13(11-17(30-2)19(16)31-3)12-18-21(27)25(22(28)32-18)9-8-24-20(26)14-4-6-15(23)7-5-14/h4-7,10-12H,8-9H2,1-3H3,(H,24,26). The first-order valence-electron chi connectivity index (χ1n) is 9.47. The van der Waals surface area contributed by atoms with Gasteiger partial charge in [-0.25, -0.2) is 4.39 Å². The number of hydrogen-bond donors (Lipinski definition) is 1. The molecule has 3 amide bonds. The van der Waals surface area contributed by atoms with E-state index in [1.54, 1.807) is 18.2 Å². The lowest BCUT2D eigenvalue weighted by molar-refractivity contribution is -0.122. The molecule has 2 aromatic rings. The van der Waals surface area contributed by atoms with Gasteiger partial charge >= 0.3 is 0 Å². The number of thioether (sulfide) groups is 1. The van der Waals surface area contributed by atoms with Gasteiger partial charge in [-0.2, -0.15) is 0 Å². The highest BCUT2D eigenvalue weighted by atomic mass is 32.2. The Balaban J connectivity index is 1.68. The molecule has 1 fully saturated rings. The molecule has 0 aliphatic carbocycles. The summed E-state index contributed by atoms with van der Waals surface area (Å²) in [5, 5.41) is 2.17. The topological polar surface area (TPSA) is 94.2 Å². The van der Waals surface area contributed by atoms with Gasteiger partial charge in [0.25, 0.3) is 17.1 Å². The van der Waals surface area contributed by atoms with Crippen molar-refractivity contribution < 1.29 is 33.0 Å². The van der Waals surface area contributed by atoms with Crippen molar-refractivity contribution in [2.45, 2.75) is 0 Å². The number of methoxy groups -OCH3 is 3. The van der Waals surface area contributed by atoms with Gasteiger partial charge in [0, 0.05) is 18.7 Å². The SMILES string of the molecule is COc1cc(C=C2SC(=O)N(CCNC(=O)c3ccc(F)cc3)C2=O)cc(OC)c1OC. The predicted molar refractivity (Wildman–Crippen MR) is 118 cm³/mol. The molecule has 1 aliphatic heterocycles. The molecule has 1 heterocycles. The van der Waals surface area contributed by atoms with E-state index in [0.29, 0.717) is 22.8 Å². The molecule has 1 N–H and O–H groups in total. The molecular weight excluding hydrogens is 439 g/mol. The number of hydrogen-bond acceptors (Lipinski definition) is 7. The summed E-state index contributed by atoms with van der Waals surface area (Å²) in [5.74, 6) is -0.0909. The van der Waals surface area contributed by atoms with Crippen molar-refractivity contribution in [2.24, 2.45) is 0 Å². The van der Waals surface area contributed by atoms with Gasteiger partial charge < -0.3 is 19.5 Å². The van der Waals surface area contributed by atoms with Crippen LogP contribution in [0, 0.1) is 5.82 Å². The third-order valence-electron chi connectivity index (χ3n) is 4.59. The van der Waals surface area contributed by atoms with Crippen LogP contribution in [-0.4, -0.2) is 56.4 Å². The zero-order valence-corrected chi connectivity index (χ0v) is 18.5. The third kappa shape index (κ3) is 5.02. The maximum Gasteiger partial charge on any atom is 0.293 e. The van der Waals surface area contributed by atoms with Crippen molar-refractivity contribution in [3.05, 3.63) is 58.2 Å². The van der Waals surface area contributed by atoms with E-state index in [4.69, 9.17) is 14.2 Å². The molecule has 2 aromatic carbocycles. The highest BCUT2D eigenvalue weighted by molar-refractivity contribution is 8.18. The van der Waals surface area contributed by atoms with Crippen molar-refractivity contribution >= 4 is 34.9 Å². The highest BCUT2D eigenvalue weighted by Gasteiger charge is 2.34. The number of halogens is 1. The molecular formula is C22H21FN2O6S. The summed E-state index contributed by atoms with van der Waals surface area (Å²) in [6.45, 7) is 0.0654. The number of imide groups is 1. The number of nitrogens with zero attached hydrogens (tertiary/aromatic N) is 1. The molecule has 1 aliphatic rings. The van der Waals surface area contributed by atoms with Gasteiger partial charge in [-0.1, -0.05) is 0 Å². The second-order valence-corrected chi connectivity index (χ2v) is 7.55. The van der Waals surface area contributed by atoms with Crippen LogP contribution in [0.25, 0.3) is 6.08 Å². The van der Waals surface area contributed by atoms with Crippen LogP contribution in [0.1, 0.15) is 15.9 Å². The van der Waals surface area contributed by atoms with Crippen LogP contribution in [0.15, 0.2) is 41.3 Å². The lowest BCUT2D eigenvalue weighted by Gasteiger charge is -2.13. The molecule has 0 bridgehead atoms. The Morgan fingerprint density at radius 3 is 2.25 bits per heavy atom. The number of carbonyl (C=O) groups is 3. The third-order valence-corrected chi connectivity index (χ3v) is 5.49. The van der Waals surface area contributed by atoms with Crippen LogP contribution < -0.4 is 19.5 Å². The number of carbonyl (C=O) groups excluding carboxylic acids is 3. The Morgan fingerprint density at radius 2 is 1.69 bits per heavy atom. The molecule has 1 saturated heterocycles. The van der Waals surface area contributed by atoms with Crippen LogP contribution in [-0.2, 0) is 4.79 Å². The van der Waals surface area contributed by atoms with Crippen molar-refractivity contribution in [2.75, 3.05) is 34.4 Å². The Bertz CT molecular complexity index is 1050. The zero-order chi connectivity index (χ0) is 23.3. The lowest BCUT2D eigenvalue weighted by atomic mass is 10.1. The Morgan fingerprint density at radius 1 is 1.06 bits per heavy atom. The van der Waals surface area contributed by atoms with Crippen LogP contribution in [0.4, 0.5) is 9.18 Å². The van der Waals surface area contributed by atoms with Crippen LogP contribution in [0.5, 0.6) is 17.2 Å². The number of rotatable bonds is 8. The molecule has 168 valence electrons. The van der Waals surface area contributed by atoms with Crippen molar-refractivity contribution in [1.29, 1.82) is 0 Å². The Hall–Kier alpha value is -3.53. The molecule has 3 rings (SSSR count). The van der Waals surface area contributed by atoms with E-state index < -0.39 is 22.9 Å². The first-order chi connectivity index (χ1) is 15.4. The molecule has 0 aromatic heterocycles. The van der Waals surface area contributed by atoms with Gasteiger partial charge in [0.05, 0.1) is 26.2 Å². The minimum atomic E-state index is -0.468. The maximum absolute atomic E-state index is 13.0. The Labute approximate surface area is 188 Å². The van der Waals surface area contributed by atoms with Crippen LogP contribution in [0.2, 0.25) is 0 Å². The van der Waals surface area contributed by atoms with Crippen molar-refractivity contribution in [1.82, 2.24) is 10.2 Å².